The Morgan fingerprint density at radius 1 is 1.19 bits per heavy atom. The molecule has 4 aromatic heterocycles. The van der Waals surface area contributed by atoms with Crippen LogP contribution in [0.5, 0.6) is 0 Å². The highest BCUT2D eigenvalue weighted by atomic mass is 32.1. The molecule has 2 fully saturated rings. The van der Waals surface area contributed by atoms with Gasteiger partial charge in [-0.05, 0) is 12.1 Å². The van der Waals surface area contributed by atoms with E-state index in [0.29, 0.717) is 29.7 Å². The SMILES string of the molecule is O=c1c(C2OC2O)cn(-c2nccs2)c2nc(N3CC(c4ncccn4)C3)c(F)cc12. The van der Waals surface area contributed by atoms with Gasteiger partial charge in [0.2, 0.25) is 0 Å². The number of aromatic nitrogens is 5. The molecular formula is C20H15FN6O3S. The molecule has 0 saturated carbocycles. The number of hydrogen-bond acceptors (Lipinski definition) is 9. The van der Waals surface area contributed by atoms with E-state index < -0.39 is 23.6 Å². The van der Waals surface area contributed by atoms with Crippen molar-refractivity contribution in [2.75, 3.05) is 18.0 Å². The zero-order valence-electron chi connectivity index (χ0n) is 15.9. The van der Waals surface area contributed by atoms with Gasteiger partial charge in [0, 0.05) is 43.3 Å². The van der Waals surface area contributed by atoms with Gasteiger partial charge in [0.1, 0.15) is 11.9 Å². The average molecular weight is 438 g/mol. The highest BCUT2D eigenvalue weighted by Gasteiger charge is 2.41. The lowest BCUT2D eigenvalue weighted by molar-refractivity contribution is 0.156. The molecule has 2 unspecified atom stereocenters. The van der Waals surface area contributed by atoms with Gasteiger partial charge < -0.3 is 14.7 Å². The molecule has 0 aliphatic carbocycles. The topological polar surface area (TPSA) is 110 Å². The van der Waals surface area contributed by atoms with Crippen LogP contribution in [-0.2, 0) is 4.74 Å². The van der Waals surface area contributed by atoms with Crippen molar-refractivity contribution in [1.82, 2.24) is 24.5 Å². The molecule has 0 aromatic carbocycles. The summed E-state index contributed by atoms with van der Waals surface area (Å²) in [6, 6.07) is 2.96. The minimum absolute atomic E-state index is 0.0927. The number of thiazole rings is 1. The molecule has 2 aliphatic rings. The van der Waals surface area contributed by atoms with Crippen molar-refractivity contribution in [3.8, 4) is 5.13 Å². The van der Waals surface area contributed by atoms with Crippen molar-refractivity contribution in [1.29, 1.82) is 0 Å². The average Bonchev–Trinajstić information content (AvgIpc) is 3.22. The quantitative estimate of drug-likeness (QED) is 0.480. The summed E-state index contributed by atoms with van der Waals surface area (Å²) in [6.07, 6.45) is 4.81. The number of ether oxygens (including phenoxy) is 1. The van der Waals surface area contributed by atoms with E-state index in [2.05, 4.69) is 19.9 Å². The Morgan fingerprint density at radius 3 is 2.65 bits per heavy atom. The summed E-state index contributed by atoms with van der Waals surface area (Å²) >= 11 is 1.36. The second-order valence-electron chi connectivity index (χ2n) is 7.42. The van der Waals surface area contributed by atoms with Crippen molar-refractivity contribution >= 4 is 28.2 Å². The maximum atomic E-state index is 15.0. The molecule has 2 atom stereocenters. The normalized spacial score (nSPS) is 20.8. The van der Waals surface area contributed by atoms with E-state index in [1.807, 2.05) is 0 Å². The molecule has 0 radical (unpaired) electrons. The molecule has 156 valence electrons. The molecule has 11 heteroatoms. The van der Waals surface area contributed by atoms with Gasteiger partial charge in [-0.1, -0.05) is 0 Å². The van der Waals surface area contributed by atoms with Crippen molar-refractivity contribution in [2.45, 2.75) is 18.3 Å². The van der Waals surface area contributed by atoms with E-state index in [9.17, 15) is 9.90 Å². The van der Waals surface area contributed by atoms with Gasteiger partial charge in [0.15, 0.2) is 34.1 Å². The van der Waals surface area contributed by atoms with E-state index in [0.717, 1.165) is 0 Å². The minimum Gasteiger partial charge on any atom is -0.366 e. The maximum absolute atomic E-state index is 15.0. The summed E-state index contributed by atoms with van der Waals surface area (Å²) in [5, 5.41) is 12.1. The van der Waals surface area contributed by atoms with Crippen molar-refractivity contribution in [2.24, 2.45) is 0 Å². The van der Waals surface area contributed by atoms with Gasteiger partial charge in [0.05, 0.1) is 16.9 Å². The molecule has 2 saturated heterocycles. The second-order valence-corrected chi connectivity index (χ2v) is 8.29. The minimum atomic E-state index is -1.04. The molecule has 0 bridgehead atoms. The summed E-state index contributed by atoms with van der Waals surface area (Å²) in [5.74, 6) is 0.388. The Hall–Kier alpha value is -3.28. The van der Waals surface area contributed by atoms with Crippen LogP contribution < -0.4 is 10.3 Å². The van der Waals surface area contributed by atoms with Gasteiger partial charge in [-0.2, -0.15) is 0 Å². The number of epoxide rings is 1. The Balaban J connectivity index is 1.44. The fourth-order valence-corrected chi connectivity index (χ4v) is 4.43. The van der Waals surface area contributed by atoms with Crippen molar-refractivity contribution in [3.63, 3.8) is 0 Å². The lowest BCUT2D eigenvalue weighted by atomic mass is 9.99. The van der Waals surface area contributed by atoms with Gasteiger partial charge in [-0.15, -0.1) is 11.3 Å². The van der Waals surface area contributed by atoms with Gasteiger partial charge >= 0.3 is 0 Å². The number of rotatable bonds is 4. The van der Waals surface area contributed by atoms with Crippen LogP contribution in [0, 0.1) is 5.82 Å². The third-order valence-corrected chi connectivity index (χ3v) is 6.24. The van der Waals surface area contributed by atoms with Gasteiger partial charge in [0.25, 0.3) is 0 Å². The number of aliphatic hydroxyl groups excluding tert-OH is 1. The van der Waals surface area contributed by atoms with Gasteiger partial charge in [-0.25, -0.2) is 24.3 Å². The lowest BCUT2D eigenvalue weighted by Crippen LogP contribution is -2.46. The van der Waals surface area contributed by atoms with Crippen molar-refractivity contribution < 1.29 is 14.2 Å². The van der Waals surface area contributed by atoms with E-state index in [1.165, 1.54) is 17.4 Å². The summed E-state index contributed by atoms with van der Waals surface area (Å²) in [6.45, 7) is 1.06. The highest BCUT2D eigenvalue weighted by molar-refractivity contribution is 7.12. The number of hydrogen-bond donors (Lipinski definition) is 1. The third kappa shape index (κ3) is 3.00. The third-order valence-electron chi connectivity index (χ3n) is 5.47. The monoisotopic (exact) mass is 438 g/mol. The molecule has 0 amide bonds. The zero-order chi connectivity index (χ0) is 21.1. The fraction of sp³-hybridized carbons (Fsp3) is 0.250. The van der Waals surface area contributed by atoms with Crippen LogP contribution in [0.25, 0.3) is 16.2 Å². The molecule has 1 N–H and O–H groups in total. The number of pyridine rings is 2. The Morgan fingerprint density at radius 2 is 1.97 bits per heavy atom. The number of halogens is 1. The largest absolute Gasteiger partial charge is 0.366 e. The Labute approximate surface area is 178 Å². The molecule has 6 rings (SSSR count). The first-order valence-electron chi connectivity index (χ1n) is 9.61. The summed E-state index contributed by atoms with van der Waals surface area (Å²) in [5.41, 5.74) is 0.130. The molecular weight excluding hydrogens is 423 g/mol. The predicted molar refractivity (Wildman–Crippen MR) is 110 cm³/mol. The smallest absolute Gasteiger partial charge is 0.197 e. The van der Waals surface area contributed by atoms with Crippen LogP contribution in [-0.4, -0.2) is 49.0 Å². The van der Waals surface area contributed by atoms with E-state index >= 15 is 4.39 Å². The number of nitrogens with zero attached hydrogens (tertiary/aromatic N) is 6. The molecule has 31 heavy (non-hydrogen) atoms. The molecule has 0 spiro atoms. The van der Waals surface area contributed by atoms with Crippen LogP contribution >= 0.6 is 11.3 Å². The van der Waals surface area contributed by atoms with Crippen LogP contribution in [0.4, 0.5) is 10.2 Å². The van der Waals surface area contributed by atoms with Crippen LogP contribution in [0.1, 0.15) is 23.4 Å². The maximum Gasteiger partial charge on any atom is 0.197 e. The second kappa shape index (κ2) is 6.87. The first kappa shape index (κ1) is 18.5. The first-order valence-corrected chi connectivity index (χ1v) is 10.5. The Kier molecular flexibility index (Phi) is 4.10. The summed E-state index contributed by atoms with van der Waals surface area (Å²) in [4.78, 5) is 32.1. The lowest BCUT2D eigenvalue weighted by Gasteiger charge is -2.39. The standard InChI is InChI=1S/C20H15FN6O3S/c21-13-6-11-14(28)12(15-19(29)30-15)9-27(20-24-4-5-31-20)17(11)25-18(13)26-7-10(8-26)16-22-2-1-3-23-16/h1-6,9-10,15,19,29H,7-8H2. The number of fused-ring (bicyclic) bond motifs is 1. The zero-order valence-corrected chi connectivity index (χ0v) is 16.7. The highest BCUT2D eigenvalue weighted by Crippen LogP contribution is 2.37. The van der Waals surface area contributed by atoms with E-state index in [4.69, 9.17) is 4.74 Å². The number of aliphatic hydroxyl groups is 1. The van der Waals surface area contributed by atoms with Gasteiger partial charge in [-0.3, -0.25) is 9.36 Å². The fourth-order valence-electron chi connectivity index (χ4n) is 3.81. The van der Waals surface area contributed by atoms with Crippen LogP contribution in [0.3, 0.4) is 0 Å². The predicted octanol–water partition coefficient (Wildman–Crippen LogP) is 1.76. The number of anilines is 1. The molecule has 6 heterocycles. The van der Waals surface area contributed by atoms with E-state index in [1.54, 1.807) is 45.7 Å². The van der Waals surface area contributed by atoms with E-state index in [-0.39, 0.29) is 22.7 Å². The Bertz CT molecular complexity index is 1340. The first-order chi connectivity index (χ1) is 15.1. The van der Waals surface area contributed by atoms with Crippen molar-refractivity contribution in [3.05, 3.63) is 69.7 Å². The molecule has 4 aromatic rings. The molecule has 9 nitrogen and oxygen atoms in total. The summed E-state index contributed by atoms with van der Waals surface area (Å²) in [7, 11) is 0. The van der Waals surface area contributed by atoms with Crippen LogP contribution in [0.2, 0.25) is 0 Å². The summed E-state index contributed by atoms with van der Waals surface area (Å²) < 4.78 is 21.7. The van der Waals surface area contributed by atoms with Crippen LogP contribution in [0.15, 0.2) is 47.1 Å². The molecule has 2 aliphatic heterocycles.